The summed E-state index contributed by atoms with van der Waals surface area (Å²) in [6.45, 7) is 0.489. The van der Waals surface area contributed by atoms with Crippen LogP contribution >= 0.6 is 11.6 Å². The zero-order chi connectivity index (χ0) is 14.6. The third-order valence-corrected chi connectivity index (χ3v) is 4.22. The molecule has 1 saturated carbocycles. The molecular formula is C16H19ClN2O. The first-order chi connectivity index (χ1) is 9.57. The standard InChI is InChI=1S/C16H19ClN2O/c1-19(11-13-6-5-7-14(17)10-13)15(20)16(12-18)8-3-2-4-9-16/h5-7,10H,2-4,8-9,11H2,1H3. The van der Waals surface area contributed by atoms with Gasteiger partial charge >= 0.3 is 0 Å². The minimum Gasteiger partial charge on any atom is -0.340 e. The van der Waals surface area contributed by atoms with Gasteiger partial charge in [0.15, 0.2) is 0 Å². The van der Waals surface area contributed by atoms with E-state index in [1.54, 1.807) is 11.9 Å². The van der Waals surface area contributed by atoms with E-state index in [9.17, 15) is 10.1 Å². The van der Waals surface area contributed by atoms with Crippen molar-refractivity contribution in [2.75, 3.05) is 7.05 Å². The van der Waals surface area contributed by atoms with Gasteiger partial charge in [0.25, 0.3) is 0 Å². The second-order valence-electron chi connectivity index (χ2n) is 5.55. The average molecular weight is 291 g/mol. The predicted molar refractivity (Wildman–Crippen MR) is 79.1 cm³/mol. The molecule has 0 bridgehead atoms. The first kappa shape index (κ1) is 14.9. The minimum atomic E-state index is -0.814. The van der Waals surface area contributed by atoms with Gasteiger partial charge in [0.2, 0.25) is 5.91 Å². The molecule has 0 unspecified atom stereocenters. The van der Waals surface area contributed by atoms with E-state index >= 15 is 0 Å². The fraction of sp³-hybridized carbons (Fsp3) is 0.500. The number of nitrogens with zero attached hydrogens (tertiary/aromatic N) is 2. The molecule has 1 aliphatic rings. The lowest BCUT2D eigenvalue weighted by Gasteiger charge is -2.33. The van der Waals surface area contributed by atoms with Crippen LogP contribution in [0, 0.1) is 16.7 Å². The Morgan fingerprint density at radius 3 is 2.70 bits per heavy atom. The molecule has 2 rings (SSSR count). The Hall–Kier alpha value is -1.53. The number of halogens is 1. The Morgan fingerprint density at radius 1 is 1.40 bits per heavy atom. The maximum atomic E-state index is 12.6. The Bertz CT molecular complexity index is 530. The summed E-state index contributed by atoms with van der Waals surface area (Å²) in [6, 6.07) is 9.75. The van der Waals surface area contributed by atoms with Crippen LogP contribution in [-0.2, 0) is 11.3 Å². The second-order valence-corrected chi connectivity index (χ2v) is 5.98. The predicted octanol–water partition coefficient (Wildman–Crippen LogP) is 3.77. The smallest absolute Gasteiger partial charge is 0.243 e. The number of hydrogen-bond acceptors (Lipinski definition) is 2. The van der Waals surface area contributed by atoms with Crippen LogP contribution in [0.2, 0.25) is 5.02 Å². The zero-order valence-electron chi connectivity index (χ0n) is 11.7. The minimum absolute atomic E-state index is 0.0559. The molecule has 1 aromatic rings. The molecule has 1 aromatic carbocycles. The molecule has 0 N–H and O–H groups in total. The maximum Gasteiger partial charge on any atom is 0.243 e. The van der Waals surface area contributed by atoms with Gasteiger partial charge in [0.05, 0.1) is 6.07 Å². The van der Waals surface area contributed by atoms with Crippen molar-refractivity contribution in [3.63, 3.8) is 0 Å². The highest BCUT2D eigenvalue weighted by atomic mass is 35.5. The second kappa shape index (κ2) is 6.28. The highest BCUT2D eigenvalue weighted by Gasteiger charge is 2.41. The lowest BCUT2D eigenvalue weighted by Crippen LogP contribution is -2.42. The molecule has 0 heterocycles. The molecule has 3 nitrogen and oxygen atoms in total. The third-order valence-electron chi connectivity index (χ3n) is 3.99. The van der Waals surface area contributed by atoms with E-state index < -0.39 is 5.41 Å². The molecule has 0 aromatic heterocycles. The first-order valence-corrected chi connectivity index (χ1v) is 7.36. The van der Waals surface area contributed by atoms with Gasteiger partial charge in [-0.15, -0.1) is 0 Å². The van der Waals surface area contributed by atoms with Gasteiger partial charge in [-0.2, -0.15) is 5.26 Å². The summed E-state index contributed by atoms with van der Waals surface area (Å²) in [5, 5.41) is 10.1. The van der Waals surface area contributed by atoms with Crippen molar-refractivity contribution in [1.82, 2.24) is 4.90 Å². The molecule has 106 valence electrons. The highest BCUT2D eigenvalue weighted by molar-refractivity contribution is 6.30. The largest absolute Gasteiger partial charge is 0.340 e. The normalized spacial score (nSPS) is 17.2. The highest BCUT2D eigenvalue weighted by Crippen LogP contribution is 2.37. The molecule has 0 aliphatic heterocycles. The van der Waals surface area contributed by atoms with Crippen LogP contribution in [0.3, 0.4) is 0 Å². The Balaban J connectivity index is 2.10. The van der Waals surface area contributed by atoms with Crippen molar-refractivity contribution in [3.8, 4) is 6.07 Å². The summed E-state index contributed by atoms with van der Waals surface area (Å²) in [7, 11) is 1.76. The molecule has 4 heteroatoms. The molecule has 1 fully saturated rings. The topological polar surface area (TPSA) is 44.1 Å². The number of benzene rings is 1. The van der Waals surface area contributed by atoms with Crippen molar-refractivity contribution in [2.45, 2.75) is 38.6 Å². The van der Waals surface area contributed by atoms with Gasteiger partial charge in [-0.3, -0.25) is 4.79 Å². The van der Waals surface area contributed by atoms with Gasteiger partial charge in [0.1, 0.15) is 5.41 Å². The molecular weight excluding hydrogens is 272 g/mol. The molecule has 0 spiro atoms. The number of nitriles is 1. The van der Waals surface area contributed by atoms with Crippen LogP contribution in [0.4, 0.5) is 0 Å². The summed E-state index contributed by atoms with van der Waals surface area (Å²) >= 11 is 5.96. The summed E-state index contributed by atoms with van der Waals surface area (Å²) in [5.41, 5.74) is 0.170. The van der Waals surface area contributed by atoms with Crippen molar-refractivity contribution in [2.24, 2.45) is 5.41 Å². The number of rotatable bonds is 3. The Morgan fingerprint density at radius 2 is 2.10 bits per heavy atom. The van der Waals surface area contributed by atoms with Crippen molar-refractivity contribution >= 4 is 17.5 Å². The van der Waals surface area contributed by atoms with Crippen LogP contribution in [0.25, 0.3) is 0 Å². The van der Waals surface area contributed by atoms with E-state index in [0.29, 0.717) is 24.4 Å². The van der Waals surface area contributed by atoms with Crippen LogP contribution < -0.4 is 0 Å². The van der Waals surface area contributed by atoms with Crippen LogP contribution in [0.15, 0.2) is 24.3 Å². The summed E-state index contributed by atoms with van der Waals surface area (Å²) in [4.78, 5) is 14.3. The Kier molecular flexibility index (Phi) is 4.67. The van der Waals surface area contributed by atoms with E-state index in [2.05, 4.69) is 6.07 Å². The van der Waals surface area contributed by atoms with Crippen LogP contribution in [-0.4, -0.2) is 17.9 Å². The Labute approximate surface area is 125 Å². The molecule has 20 heavy (non-hydrogen) atoms. The van der Waals surface area contributed by atoms with E-state index in [0.717, 1.165) is 24.8 Å². The fourth-order valence-corrected chi connectivity index (χ4v) is 3.09. The lowest BCUT2D eigenvalue weighted by atomic mass is 9.74. The number of carbonyl (C=O) groups is 1. The van der Waals surface area contributed by atoms with Crippen LogP contribution in [0.5, 0.6) is 0 Å². The van der Waals surface area contributed by atoms with Gasteiger partial charge in [-0.05, 0) is 30.5 Å². The number of carbonyl (C=O) groups excluding carboxylic acids is 1. The summed E-state index contributed by atoms with van der Waals surface area (Å²) in [5.74, 6) is -0.0559. The monoisotopic (exact) mass is 290 g/mol. The van der Waals surface area contributed by atoms with E-state index in [4.69, 9.17) is 11.6 Å². The third kappa shape index (κ3) is 3.13. The van der Waals surface area contributed by atoms with Crippen molar-refractivity contribution in [1.29, 1.82) is 5.26 Å². The molecule has 0 saturated heterocycles. The van der Waals surface area contributed by atoms with E-state index in [1.165, 1.54) is 0 Å². The van der Waals surface area contributed by atoms with Gasteiger partial charge in [0, 0.05) is 18.6 Å². The zero-order valence-corrected chi connectivity index (χ0v) is 12.5. The van der Waals surface area contributed by atoms with Gasteiger partial charge in [-0.1, -0.05) is 43.0 Å². The fourth-order valence-electron chi connectivity index (χ4n) is 2.88. The lowest BCUT2D eigenvalue weighted by molar-refractivity contribution is -0.139. The number of amides is 1. The van der Waals surface area contributed by atoms with Crippen LogP contribution in [0.1, 0.15) is 37.7 Å². The molecule has 1 aliphatic carbocycles. The summed E-state index contributed by atoms with van der Waals surface area (Å²) < 4.78 is 0. The number of hydrogen-bond donors (Lipinski definition) is 0. The average Bonchev–Trinajstić information content (AvgIpc) is 2.47. The quantitative estimate of drug-likeness (QED) is 0.850. The summed E-state index contributed by atoms with van der Waals surface area (Å²) in [6.07, 6.45) is 4.41. The first-order valence-electron chi connectivity index (χ1n) is 6.99. The molecule has 1 amide bonds. The van der Waals surface area contributed by atoms with Gasteiger partial charge in [-0.25, -0.2) is 0 Å². The van der Waals surface area contributed by atoms with E-state index in [-0.39, 0.29) is 5.91 Å². The maximum absolute atomic E-state index is 12.6. The van der Waals surface area contributed by atoms with E-state index in [1.807, 2.05) is 24.3 Å². The van der Waals surface area contributed by atoms with Gasteiger partial charge < -0.3 is 4.90 Å². The van der Waals surface area contributed by atoms with Crippen molar-refractivity contribution < 1.29 is 4.79 Å². The molecule has 0 atom stereocenters. The molecule has 0 radical (unpaired) electrons. The van der Waals surface area contributed by atoms with Crippen molar-refractivity contribution in [3.05, 3.63) is 34.9 Å². The SMILES string of the molecule is CN(Cc1cccc(Cl)c1)C(=O)C1(C#N)CCCCC1.